The minimum atomic E-state index is -0.242. The fourth-order valence-electron chi connectivity index (χ4n) is 1.70. The fraction of sp³-hybridized carbons (Fsp3) is 0.250. The summed E-state index contributed by atoms with van der Waals surface area (Å²) in [7, 11) is 0. The molecule has 0 radical (unpaired) electrons. The normalized spacial score (nSPS) is 13.1. The van der Waals surface area contributed by atoms with Crippen molar-refractivity contribution >= 4 is 22.4 Å². The van der Waals surface area contributed by atoms with Crippen molar-refractivity contribution in [3.8, 4) is 11.5 Å². The minimum absolute atomic E-state index is 0.242. The Labute approximate surface area is 113 Å². The van der Waals surface area contributed by atoms with Gasteiger partial charge in [-0.25, -0.2) is 0 Å². The molecule has 6 nitrogen and oxygen atoms in total. The van der Waals surface area contributed by atoms with Crippen LogP contribution in [0.5, 0.6) is 11.5 Å². The summed E-state index contributed by atoms with van der Waals surface area (Å²) in [4.78, 5) is 12.0. The monoisotopic (exact) mass is 277 g/mol. The zero-order valence-electron chi connectivity index (χ0n) is 10.2. The first-order valence-electron chi connectivity index (χ1n) is 5.73. The molecule has 1 aromatic carbocycles. The highest BCUT2D eigenvalue weighted by atomic mass is 32.1. The number of rotatable bonds is 2. The van der Waals surface area contributed by atoms with Crippen LogP contribution in [-0.2, 0) is 0 Å². The molecule has 2 heterocycles. The fourth-order valence-corrected chi connectivity index (χ4v) is 2.29. The number of ether oxygens (including phenoxy) is 2. The molecular formula is C12H11N3O3S. The van der Waals surface area contributed by atoms with E-state index in [1.807, 2.05) is 6.92 Å². The van der Waals surface area contributed by atoms with E-state index in [1.54, 1.807) is 18.2 Å². The Morgan fingerprint density at radius 2 is 2.05 bits per heavy atom. The van der Waals surface area contributed by atoms with Gasteiger partial charge in [-0.3, -0.25) is 10.1 Å². The molecule has 1 N–H and O–H groups in total. The molecule has 1 aliphatic rings. The summed E-state index contributed by atoms with van der Waals surface area (Å²) in [5, 5.41) is 11.7. The first kappa shape index (κ1) is 11.9. The van der Waals surface area contributed by atoms with Gasteiger partial charge in [-0.1, -0.05) is 11.3 Å². The number of aryl methyl sites for hydroxylation is 1. The van der Waals surface area contributed by atoms with Crippen LogP contribution < -0.4 is 14.8 Å². The van der Waals surface area contributed by atoms with E-state index in [1.165, 1.54) is 11.3 Å². The lowest BCUT2D eigenvalue weighted by Gasteiger charge is -2.18. The van der Waals surface area contributed by atoms with Gasteiger partial charge in [0.1, 0.15) is 18.2 Å². The van der Waals surface area contributed by atoms with E-state index in [-0.39, 0.29) is 5.91 Å². The number of aromatic nitrogens is 2. The molecule has 1 amide bonds. The largest absolute Gasteiger partial charge is 0.486 e. The van der Waals surface area contributed by atoms with Crippen LogP contribution in [0.3, 0.4) is 0 Å². The number of hydrogen-bond donors (Lipinski definition) is 1. The average Bonchev–Trinajstić information content (AvgIpc) is 2.83. The molecule has 7 heteroatoms. The second kappa shape index (κ2) is 4.85. The van der Waals surface area contributed by atoms with Gasteiger partial charge in [0, 0.05) is 5.56 Å². The van der Waals surface area contributed by atoms with Crippen LogP contribution in [0.15, 0.2) is 18.2 Å². The lowest BCUT2D eigenvalue weighted by molar-refractivity contribution is 0.102. The lowest BCUT2D eigenvalue weighted by atomic mass is 10.2. The molecule has 98 valence electrons. The Hall–Kier alpha value is -2.15. The Bertz CT molecular complexity index is 626. The SMILES string of the molecule is Cc1nnc(NC(=O)c2ccc3c(c2)OCCO3)s1. The molecule has 0 saturated carbocycles. The number of fused-ring (bicyclic) bond motifs is 1. The number of hydrogen-bond acceptors (Lipinski definition) is 6. The molecule has 0 spiro atoms. The van der Waals surface area contributed by atoms with E-state index in [4.69, 9.17) is 9.47 Å². The predicted molar refractivity (Wildman–Crippen MR) is 70.0 cm³/mol. The Balaban J connectivity index is 1.80. The van der Waals surface area contributed by atoms with Gasteiger partial charge in [0.05, 0.1) is 0 Å². The summed E-state index contributed by atoms with van der Waals surface area (Å²) in [6, 6.07) is 5.09. The first-order valence-corrected chi connectivity index (χ1v) is 6.55. The van der Waals surface area contributed by atoms with Crippen LogP contribution in [0.1, 0.15) is 15.4 Å². The van der Waals surface area contributed by atoms with E-state index in [2.05, 4.69) is 15.5 Å². The molecule has 0 fully saturated rings. The maximum absolute atomic E-state index is 12.0. The maximum Gasteiger partial charge on any atom is 0.257 e. The average molecular weight is 277 g/mol. The second-order valence-corrected chi connectivity index (χ2v) is 5.12. The lowest BCUT2D eigenvalue weighted by Crippen LogP contribution is -2.17. The van der Waals surface area contributed by atoms with Crippen molar-refractivity contribution in [2.24, 2.45) is 0 Å². The zero-order valence-corrected chi connectivity index (χ0v) is 11.0. The van der Waals surface area contributed by atoms with E-state index in [9.17, 15) is 4.79 Å². The van der Waals surface area contributed by atoms with Crippen LogP contribution in [0.4, 0.5) is 5.13 Å². The number of benzene rings is 1. The maximum atomic E-state index is 12.0. The quantitative estimate of drug-likeness (QED) is 0.907. The summed E-state index contributed by atoms with van der Waals surface area (Å²) in [5.41, 5.74) is 0.497. The van der Waals surface area contributed by atoms with Crippen molar-refractivity contribution < 1.29 is 14.3 Å². The van der Waals surface area contributed by atoms with Gasteiger partial charge in [-0.05, 0) is 25.1 Å². The highest BCUT2D eigenvalue weighted by molar-refractivity contribution is 7.15. The summed E-state index contributed by atoms with van der Waals surface area (Å²) < 4.78 is 10.8. The van der Waals surface area contributed by atoms with Gasteiger partial charge in [-0.15, -0.1) is 10.2 Å². The summed E-state index contributed by atoms with van der Waals surface area (Å²) in [5.74, 6) is 1.01. The molecule has 19 heavy (non-hydrogen) atoms. The molecule has 0 saturated heterocycles. The van der Waals surface area contributed by atoms with Crippen LogP contribution in [-0.4, -0.2) is 29.3 Å². The van der Waals surface area contributed by atoms with E-state index in [0.29, 0.717) is 35.4 Å². The topological polar surface area (TPSA) is 73.3 Å². The number of carbonyl (C=O) groups is 1. The molecular weight excluding hydrogens is 266 g/mol. The van der Waals surface area contributed by atoms with E-state index >= 15 is 0 Å². The minimum Gasteiger partial charge on any atom is -0.486 e. The first-order chi connectivity index (χ1) is 9.22. The molecule has 1 aromatic heterocycles. The molecule has 3 rings (SSSR count). The van der Waals surface area contributed by atoms with Crippen molar-refractivity contribution in [1.82, 2.24) is 10.2 Å². The number of amides is 1. The van der Waals surface area contributed by atoms with Crippen molar-refractivity contribution in [3.05, 3.63) is 28.8 Å². The van der Waals surface area contributed by atoms with Crippen molar-refractivity contribution in [2.45, 2.75) is 6.92 Å². The second-order valence-electron chi connectivity index (χ2n) is 3.94. The van der Waals surface area contributed by atoms with Gasteiger partial charge < -0.3 is 9.47 Å². The van der Waals surface area contributed by atoms with Crippen molar-refractivity contribution in [2.75, 3.05) is 18.5 Å². The molecule has 0 bridgehead atoms. The van der Waals surface area contributed by atoms with E-state index in [0.717, 1.165) is 5.01 Å². The smallest absolute Gasteiger partial charge is 0.257 e. The van der Waals surface area contributed by atoms with Gasteiger partial charge in [0.15, 0.2) is 11.5 Å². The van der Waals surface area contributed by atoms with Crippen LogP contribution in [0, 0.1) is 6.92 Å². The third kappa shape index (κ3) is 2.50. The molecule has 1 aliphatic heterocycles. The Kier molecular flexibility index (Phi) is 3.04. The standard InChI is InChI=1S/C12H11N3O3S/c1-7-14-15-12(19-7)13-11(16)8-2-3-9-10(6-8)18-5-4-17-9/h2-3,6H,4-5H2,1H3,(H,13,15,16). The zero-order chi connectivity index (χ0) is 13.2. The summed E-state index contributed by atoms with van der Waals surface area (Å²) in [6.45, 7) is 2.85. The van der Waals surface area contributed by atoms with E-state index < -0.39 is 0 Å². The predicted octanol–water partition coefficient (Wildman–Crippen LogP) is 1.87. The molecule has 0 aliphatic carbocycles. The molecule has 0 unspecified atom stereocenters. The number of carbonyl (C=O) groups excluding carboxylic acids is 1. The van der Waals surface area contributed by atoms with Gasteiger partial charge in [-0.2, -0.15) is 0 Å². The Morgan fingerprint density at radius 3 is 2.79 bits per heavy atom. The van der Waals surface area contributed by atoms with Gasteiger partial charge in [0.25, 0.3) is 5.91 Å². The van der Waals surface area contributed by atoms with Crippen LogP contribution in [0.2, 0.25) is 0 Å². The summed E-state index contributed by atoms with van der Waals surface area (Å²) >= 11 is 1.33. The highest BCUT2D eigenvalue weighted by Crippen LogP contribution is 2.31. The van der Waals surface area contributed by atoms with Gasteiger partial charge >= 0.3 is 0 Å². The highest BCUT2D eigenvalue weighted by Gasteiger charge is 2.15. The third-order valence-electron chi connectivity index (χ3n) is 2.55. The van der Waals surface area contributed by atoms with Crippen LogP contribution in [0.25, 0.3) is 0 Å². The van der Waals surface area contributed by atoms with Crippen molar-refractivity contribution in [1.29, 1.82) is 0 Å². The van der Waals surface area contributed by atoms with Crippen LogP contribution >= 0.6 is 11.3 Å². The molecule has 2 aromatic rings. The molecule has 0 atom stereocenters. The summed E-state index contributed by atoms with van der Waals surface area (Å²) in [6.07, 6.45) is 0. The number of nitrogens with zero attached hydrogens (tertiary/aromatic N) is 2. The third-order valence-corrected chi connectivity index (χ3v) is 3.30. The van der Waals surface area contributed by atoms with Gasteiger partial charge in [0.2, 0.25) is 5.13 Å². The number of anilines is 1. The Morgan fingerprint density at radius 1 is 1.26 bits per heavy atom. The number of nitrogens with one attached hydrogen (secondary N) is 1. The van der Waals surface area contributed by atoms with Crippen molar-refractivity contribution in [3.63, 3.8) is 0 Å².